The Balaban J connectivity index is 2.53. The van der Waals surface area contributed by atoms with Gasteiger partial charge < -0.3 is 24.3 Å². The number of amides is 1. The molecular weight excluding hydrogens is 448 g/mol. The van der Waals surface area contributed by atoms with Gasteiger partial charge in [-0.2, -0.15) is 0 Å². The van der Waals surface area contributed by atoms with Crippen molar-refractivity contribution in [3.63, 3.8) is 0 Å². The van der Waals surface area contributed by atoms with E-state index in [2.05, 4.69) is 12.2 Å². The lowest BCUT2D eigenvalue weighted by Gasteiger charge is -2.26. The minimum Gasteiger partial charge on any atom is -0.497 e. The lowest BCUT2D eigenvalue weighted by molar-refractivity contribution is -0.119. The van der Waals surface area contributed by atoms with Gasteiger partial charge in [0, 0.05) is 18.7 Å². The summed E-state index contributed by atoms with van der Waals surface area (Å²) in [5.41, 5.74) is 0.176. The number of unbranched alkanes of at least 4 members (excludes halogenated alkanes) is 2. The molecule has 9 nitrogen and oxygen atoms in total. The summed E-state index contributed by atoms with van der Waals surface area (Å²) in [6.45, 7) is 2.09. The van der Waals surface area contributed by atoms with Gasteiger partial charge >= 0.3 is 0 Å². The fourth-order valence-electron chi connectivity index (χ4n) is 3.18. The van der Waals surface area contributed by atoms with Gasteiger partial charge in [-0.1, -0.05) is 19.8 Å². The molecule has 2 aromatic carbocycles. The van der Waals surface area contributed by atoms with Crippen LogP contribution in [-0.4, -0.2) is 55.9 Å². The molecule has 0 aliphatic heterocycles. The van der Waals surface area contributed by atoms with E-state index in [1.807, 2.05) is 0 Å². The first-order valence-corrected chi connectivity index (χ1v) is 12.0. The highest BCUT2D eigenvalue weighted by Crippen LogP contribution is 2.37. The van der Waals surface area contributed by atoms with Gasteiger partial charge in [-0.05, 0) is 30.7 Å². The number of anilines is 1. The van der Waals surface area contributed by atoms with Gasteiger partial charge in [0.1, 0.15) is 18.0 Å². The molecule has 0 aliphatic rings. The fraction of sp³-hybridized carbons (Fsp3) is 0.435. The number of ether oxygens (including phenoxy) is 4. The second kappa shape index (κ2) is 12.2. The molecule has 0 radical (unpaired) electrons. The predicted octanol–water partition coefficient (Wildman–Crippen LogP) is 3.22. The highest BCUT2D eigenvalue weighted by Gasteiger charge is 2.30. The van der Waals surface area contributed by atoms with E-state index in [9.17, 15) is 13.2 Å². The Morgan fingerprint density at radius 1 is 0.879 bits per heavy atom. The monoisotopic (exact) mass is 480 g/mol. The van der Waals surface area contributed by atoms with Gasteiger partial charge in [0.2, 0.25) is 5.91 Å². The van der Waals surface area contributed by atoms with Crippen LogP contribution in [0.3, 0.4) is 0 Å². The number of hydrogen-bond acceptors (Lipinski definition) is 7. The molecule has 2 rings (SSSR count). The Bertz CT molecular complexity index is 1040. The van der Waals surface area contributed by atoms with E-state index in [1.165, 1.54) is 52.7 Å². The number of carbonyl (C=O) groups excluding carboxylic acids is 1. The summed E-state index contributed by atoms with van der Waals surface area (Å²) in [5, 5.41) is 2.79. The van der Waals surface area contributed by atoms with Crippen molar-refractivity contribution in [2.75, 3.05) is 45.8 Å². The van der Waals surface area contributed by atoms with Crippen molar-refractivity contribution < 1.29 is 32.2 Å². The minimum absolute atomic E-state index is 0.0659. The number of hydrogen-bond donors (Lipinski definition) is 1. The zero-order chi connectivity index (χ0) is 24.4. The third kappa shape index (κ3) is 6.44. The number of nitrogens with zero attached hydrogens (tertiary/aromatic N) is 1. The van der Waals surface area contributed by atoms with Gasteiger partial charge in [0.25, 0.3) is 10.0 Å². The van der Waals surface area contributed by atoms with Crippen LogP contribution >= 0.6 is 0 Å². The number of sulfonamides is 1. The summed E-state index contributed by atoms with van der Waals surface area (Å²) in [6.07, 6.45) is 2.79. The number of rotatable bonds is 13. The van der Waals surface area contributed by atoms with Crippen LogP contribution in [0.1, 0.15) is 26.2 Å². The van der Waals surface area contributed by atoms with Gasteiger partial charge in [-0.3, -0.25) is 9.10 Å². The summed E-state index contributed by atoms with van der Waals surface area (Å²) in [7, 11) is 1.58. The average Bonchev–Trinajstić information content (AvgIpc) is 2.84. The topological polar surface area (TPSA) is 103 Å². The number of carbonyl (C=O) groups is 1. The van der Waals surface area contributed by atoms with E-state index in [-0.39, 0.29) is 22.1 Å². The molecular formula is C23H32N2O7S. The van der Waals surface area contributed by atoms with Gasteiger partial charge in [-0.25, -0.2) is 8.42 Å². The predicted molar refractivity (Wildman–Crippen MR) is 126 cm³/mol. The van der Waals surface area contributed by atoms with E-state index in [0.717, 1.165) is 23.6 Å². The first-order chi connectivity index (χ1) is 15.8. The number of nitrogens with one attached hydrogen (secondary N) is 1. The molecule has 0 saturated heterocycles. The molecule has 182 valence electrons. The normalized spacial score (nSPS) is 10.9. The van der Waals surface area contributed by atoms with Crippen molar-refractivity contribution in [1.29, 1.82) is 0 Å². The molecule has 0 bridgehead atoms. The highest BCUT2D eigenvalue weighted by molar-refractivity contribution is 7.92. The van der Waals surface area contributed by atoms with Crippen LogP contribution in [0.25, 0.3) is 0 Å². The van der Waals surface area contributed by atoms with Crippen LogP contribution in [0.15, 0.2) is 41.3 Å². The SMILES string of the molecule is CCCCCNC(=O)CN(c1cc(OC)ccc1OC)S(=O)(=O)c1ccc(OC)c(OC)c1. The Morgan fingerprint density at radius 3 is 2.15 bits per heavy atom. The van der Waals surface area contributed by atoms with E-state index in [4.69, 9.17) is 18.9 Å². The zero-order valence-corrected chi connectivity index (χ0v) is 20.5. The third-order valence-corrected chi connectivity index (χ3v) is 6.74. The molecule has 33 heavy (non-hydrogen) atoms. The zero-order valence-electron chi connectivity index (χ0n) is 19.7. The summed E-state index contributed by atoms with van der Waals surface area (Å²) in [5.74, 6) is 0.899. The van der Waals surface area contributed by atoms with Gasteiger partial charge in [0.15, 0.2) is 11.5 Å². The smallest absolute Gasteiger partial charge is 0.265 e. The maximum Gasteiger partial charge on any atom is 0.265 e. The van der Waals surface area contributed by atoms with Crippen molar-refractivity contribution >= 4 is 21.6 Å². The van der Waals surface area contributed by atoms with Crippen LogP contribution in [0.4, 0.5) is 5.69 Å². The van der Waals surface area contributed by atoms with Crippen LogP contribution in [0.2, 0.25) is 0 Å². The number of methoxy groups -OCH3 is 4. The maximum atomic E-state index is 13.7. The van der Waals surface area contributed by atoms with Crippen LogP contribution < -0.4 is 28.6 Å². The molecule has 1 N–H and O–H groups in total. The fourth-order valence-corrected chi connectivity index (χ4v) is 4.62. The van der Waals surface area contributed by atoms with E-state index >= 15 is 0 Å². The van der Waals surface area contributed by atoms with Crippen molar-refractivity contribution in [3.8, 4) is 23.0 Å². The molecule has 0 aromatic heterocycles. The van der Waals surface area contributed by atoms with Gasteiger partial charge in [-0.15, -0.1) is 0 Å². The molecule has 0 fully saturated rings. The van der Waals surface area contributed by atoms with E-state index in [1.54, 1.807) is 12.1 Å². The molecule has 0 spiro atoms. The van der Waals surface area contributed by atoms with Gasteiger partial charge in [0.05, 0.1) is 39.0 Å². The van der Waals surface area contributed by atoms with Crippen molar-refractivity contribution in [1.82, 2.24) is 5.32 Å². The van der Waals surface area contributed by atoms with Crippen LogP contribution in [0.5, 0.6) is 23.0 Å². The van der Waals surface area contributed by atoms with E-state index in [0.29, 0.717) is 18.0 Å². The Kier molecular flexibility index (Phi) is 9.65. The van der Waals surface area contributed by atoms with Crippen LogP contribution in [-0.2, 0) is 14.8 Å². The standard InChI is InChI=1S/C23H32N2O7S/c1-6-7-8-13-24-23(26)16-25(19-14-17(29-2)9-11-20(19)30-3)33(27,28)18-10-12-21(31-4)22(15-18)32-5/h9-12,14-15H,6-8,13,16H2,1-5H3,(H,24,26). The van der Waals surface area contributed by atoms with Crippen LogP contribution in [0, 0.1) is 0 Å². The lowest BCUT2D eigenvalue weighted by Crippen LogP contribution is -2.41. The molecule has 0 saturated carbocycles. The molecule has 0 unspecified atom stereocenters. The molecule has 2 aromatic rings. The van der Waals surface area contributed by atoms with Crippen molar-refractivity contribution in [3.05, 3.63) is 36.4 Å². The first kappa shape index (κ1) is 26.1. The quantitative estimate of drug-likeness (QED) is 0.439. The molecule has 10 heteroatoms. The largest absolute Gasteiger partial charge is 0.497 e. The molecule has 0 heterocycles. The molecule has 0 atom stereocenters. The summed E-state index contributed by atoms with van der Waals surface area (Å²) in [6, 6.07) is 9.00. The Hall–Kier alpha value is -3.14. The second-order valence-electron chi connectivity index (χ2n) is 7.12. The minimum atomic E-state index is -4.20. The third-order valence-electron chi connectivity index (χ3n) is 4.99. The first-order valence-electron chi connectivity index (χ1n) is 10.6. The number of benzene rings is 2. The second-order valence-corrected chi connectivity index (χ2v) is 8.99. The maximum absolute atomic E-state index is 13.7. The summed E-state index contributed by atoms with van der Waals surface area (Å²) in [4.78, 5) is 12.6. The van der Waals surface area contributed by atoms with Crippen molar-refractivity contribution in [2.45, 2.75) is 31.1 Å². The Morgan fingerprint density at radius 2 is 1.55 bits per heavy atom. The average molecular weight is 481 g/mol. The highest BCUT2D eigenvalue weighted by atomic mass is 32.2. The molecule has 1 amide bonds. The summed E-state index contributed by atoms with van der Waals surface area (Å²) < 4.78 is 49.6. The lowest BCUT2D eigenvalue weighted by atomic mass is 10.2. The summed E-state index contributed by atoms with van der Waals surface area (Å²) >= 11 is 0. The Labute approximate surface area is 195 Å². The van der Waals surface area contributed by atoms with Crippen molar-refractivity contribution in [2.24, 2.45) is 0 Å². The van der Waals surface area contributed by atoms with E-state index < -0.39 is 22.5 Å². The molecule has 0 aliphatic carbocycles.